The molecule has 2 aromatic heterocycles. The molecular weight excluding hydrogens is 220 g/mol. The Kier molecular flexibility index (Phi) is 3.77. The van der Waals surface area contributed by atoms with Crippen LogP contribution in [0.25, 0.3) is 0 Å². The van der Waals surface area contributed by atoms with Gasteiger partial charge in [0.05, 0.1) is 13.1 Å². The maximum Gasteiger partial charge on any atom is 0.315 e. The molecule has 2 heterocycles. The van der Waals surface area contributed by atoms with Gasteiger partial charge in [-0.3, -0.25) is 0 Å². The molecule has 0 aliphatic rings. The summed E-state index contributed by atoms with van der Waals surface area (Å²) < 4.78 is 10.8. The van der Waals surface area contributed by atoms with E-state index < -0.39 is 0 Å². The molecule has 6 heteroatoms. The van der Waals surface area contributed by atoms with Crippen LogP contribution in [-0.2, 0) is 13.1 Å². The third kappa shape index (κ3) is 3.32. The summed E-state index contributed by atoms with van der Waals surface area (Å²) in [6, 6.07) is 4.24. The second kappa shape index (κ2) is 5.49. The van der Waals surface area contributed by atoms with Crippen molar-refractivity contribution < 1.29 is 8.83 Å². The minimum atomic E-state index is 0.409. The number of hydrogen-bond acceptors (Lipinski definition) is 6. The number of rotatable bonds is 6. The van der Waals surface area contributed by atoms with Crippen molar-refractivity contribution in [3.8, 4) is 0 Å². The third-order valence-corrected chi connectivity index (χ3v) is 2.20. The Hall–Kier alpha value is -1.82. The first-order valence-electron chi connectivity index (χ1n) is 5.60. The predicted octanol–water partition coefficient (Wildman–Crippen LogP) is 1.69. The van der Waals surface area contributed by atoms with Gasteiger partial charge in [0.1, 0.15) is 11.5 Å². The minimum Gasteiger partial charge on any atom is -0.465 e. The van der Waals surface area contributed by atoms with Gasteiger partial charge in [-0.05, 0) is 25.6 Å². The van der Waals surface area contributed by atoms with E-state index in [9.17, 15) is 0 Å². The lowest BCUT2D eigenvalue weighted by molar-refractivity contribution is 0.469. The first kappa shape index (κ1) is 11.7. The molecule has 0 spiro atoms. The number of anilines is 1. The zero-order valence-corrected chi connectivity index (χ0v) is 9.99. The molecule has 2 rings (SSSR count). The molecular formula is C11H16N4O2. The molecule has 92 valence electrons. The number of aromatic nitrogens is 2. The van der Waals surface area contributed by atoms with E-state index in [0.29, 0.717) is 25.0 Å². The second-order valence-electron chi connectivity index (χ2n) is 3.65. The predicted molar refractivity (Wildman–Crippen MR) is 62.5 cm³/mol. The van der Waals surface area contributed by atoms with E-state index in [1.54, 1.807) is 0 Å². The van der Waals surface area contributed by atoms with E-state index in [2.05, 4.69) is 20.8 Å². The zero-order chi connectivity index (χ0) is 12.1. The summed E-state index contributed by atoms with van der Waals surface area (Å²) >= 11 is 0. The largest absolute Gasteiger partial charge is 0.465 e. The van der Waals surface area contributed by atoms with Crippen molar-refractivity contribution in [2.24, 2.45) is 0 Å². The summed E-state index contributed by atoms with van der Waals surface area (Å²) in [4.78, 5) is 0. The number of nitrogens with zero attached hydrogens (tertiary/aromatic N) is 2. The first-order chi connectivity index (χ1) is 8.28. The summed E-state index contributed by atoms with van der Waals surface area (Å²) in [5.74, 6) is 2.30. The fraction of sp³-hybridized carbons (Fsp3) is 0.455. The molecule has 0 bridgehead atoms. The van der Waals surface area contributed by atoms with Crippen LogP contribution in [0.15, 0.2) is 21.0 Å². The van der Waals surface area contributed by atoms with Crippen molar-refractivity contribution in [1.29, 1.82) is 0 Å². The van der Waals surface area contributed by atoms with E-state index in [1.807, 2.05) is 26.0 Å². The van der Waals surface area contributed by atoms with Gasteiger partial charge in [-0.25, -0.2) is 0 Å². The molecule has 0 atom stereocenters. The van der Waals surface area contributed by atoms with Gasteiger partial charge < -0.3 is 19.5 Å². The van der Waals surface area contributed by atoms with Crippen LogP contribution in [0.2, 0.25) is 0 Å². The van der Waals surface area contributed by atoms with Crippen LogP contribution in [-0.4, -0.2) is 16.7 Å². The van der Waals surface area contributed by atoms with Crippen LogP contribution in [0.1, 0.15) is 24.3 Å². The highest BCUT2D eigenvalue weighted by molar-refractivity contribution is 5.19. The molecule has 0 fully saturated rings. The average molecular weight is 236 g/mol. The summed E-state index contributed by atoms with van der Waals surface area (Å²) in [5.41, 5.74) is 0. The van der Waals surface area contributed by atoms with Gasteiger partial charge in [-0.1, -0.05) is 12.0 Å². The SMILES string of the molecule is CCNCc1nnc(NCc2ccc(C)o2)o1. The van der Waals surface area contributed by atoms with Crippen LogP contribution >= 0.6 is 0 Å². The maximum atomic E-state index is 5.41. The lowest BCUT2D eigenvalue weighted by Crippen LogP contribution is -2.11. The molecule has 0 saturated carbocycles. The minimum absolute atomic E-state index is 0.409. The lowest BCUT2D eigenvalue weighted by atomic mass is 10.4. The van der Waals surface area contributed by atoms with Crippen LogP contribution in [0.5, 0.6) is 0 Å². The van der Waals surface area contributed by atoms with E-state index >= 15 is 0 Å². The van der Waals surface area contributed by atoms with E-state index in [4.69, 9.17) is 8.83 Å². The Bertz CT molecular complexity index is 463. The van der Waals surface area contributed by atoms with Gasteiger partial charge in [0.25, 0.3) is 0 Å². The Morgan fingerprint density at radius 3 is 2.76 bits per heavy atom. The van der Waals surface area contributed by atoms with Crippen LogP contribution < -0.4 is 10.6 Å². The average Bonchev–Trinajstić information content (AvgIpc) is 2.93. The standard InChI is InChI=1S/C11H16N4O2/c1-3-12-7-10-14-15-11(17-10)13-6-9-5-4-8(2)16-9/h4-5,12H,3,6-7H2,1-2H3,(H,13,15). The molecule has 0 unspecified atom stereocenters. The molecule has 0 amide bonds. The molecule has 6 nitrogen and oxygen atoms in total. The number of nitrogens with one attached hydrogen (secondary N) is 2. The van der Waals surface area contributed by atoms with Gasteiger partial charge in [0, 0.05) is 0 Å². The highest BCUT2D eigenvalue weighted by Gasteiger charge is 2.05. The summed E-state index contributed by atoms with van der Waals surface area (Å²) in [7, 11) is 0. The van der Waals surface area contributed by atoms with Gasteiger partial charge in [-0.2, -0.15) is 0 Å². The highest BCUT2D eigenvalue weighted by atomic mass is 16.4. The molecule has 0 aliphatic heterocycles. The molecule has 0 aromatic carbocycles. The molecule has 0 saturated heterocycles. The summed E-state index contributed by atoms with van der Waals surface area (Å²) in [5, 5.41) is 13.9. The summed E-state index contributed by atoms with van der Waals surface area (Å²) in [6.45, 7) is 5.93. The third-order valence-electron chi connectivity index (χ3n) is 2.20. The molecule has 2 N–H and O–H groups in total. The molecule has 17 heavy (non-hydrogen) atoms. The smallest absolute Gasteiger partial charge is 0.315 e. The Morgan fingerprint density at radius 2 is 2.06 bits per heavy atom. The quantitative estimate of drug-likeness (QED) is 0.795. The van der Waals surface area contributed by atoms with Crippen molar-refractivity contribution >= 4 is 6.01 Å². The Balaban J connectivity index is 1.84. The van der Waals surface area contributed by atoms with Crippen LogP contribution in [0, 0.1) is 6.92 Å². The monoisotopic (exact) mass is 236 g/mol. The first-order valence-corrected chi connectivity index (χ1v) is 5.60. The molecule has 0 radical (unpaired) electrons. The van der Waals surface area contributed by atoms with Gasteiger partial charge in [-0.15, -0.1) is 5.10 Å². The highest BCUT2D eigenvalue weighted by Crippen LogP contribution is 2.10. The number of aryl methyl sites for hydroxylation is 1. The van der Waals surface area contributed by atoms with E-state index in [1.165, 1.54) is 0 Å². The van der Waals surface area contributed by atoms with Crippen molar-refractivity contribution in [3.63, 3.8) is 0 Å². The van der Waals surface area contributed by atoms with E-state index in [0.717, 1.165) is 18.1 Å². The van der Waals surface area contributed by atoms with Gasteiger partial charge in [0.2, 0.25) is 5.89 Å². The molecule has 0 aliphatic carbocycles. The number of hydrogen-bond donors (Lipinski definition) is 2. The number of furan rings is 1. The Morgan fingerprint density at radius 1 is 1.18 bits per heavy atom. The topological polar surface area (TPSA) is 76.1 Å². The van der Waals surface area contributed by atoms with Crippen molar-refractivity contribution in [3.05, 3.63) is 29.5 Å². The fourth-order valence-electron chi connectivity index (χ4n) is 1.37. The van der Waals surface area contributed by atoms with Crippen molar-refractivity contribution in [1.82, 2.24) is 15.5 Å². The Labute approximate surface area is 99.4 Å². The van der Waals surface area contributed by atoms with E-state index in [-0.39, 0.29) is 0 Å². The fourth-order valence-corrected chi connectivity index (χ4v) is 1.37. The van der Waals surface area contributed by atoms with Crippen LogP contribution in [0.4, 0.5) is 6.01 Å². The molecule has 2 aromatic rings. The van der Waals surface area contributed by atoms with Crippen molar-refractivity contribution in [2.75, 3.05) is 11.9 Å². The van der Waals surface area contributed by atoms with Crippen molar-refractivity contribution in [2.45, 2.75) is 26.9 Å². The van der Waals surface area contributed by atoms with Crippen LogP contribution in [0.3, 0.4) is 0 Å². The lowest BCUT2D eigenvalue weighted by Gasteiger charge is -1.97. The zero-order valence-electron chi connectivity index (χ0n) is 9.99. The maximum absolute atomic E-state index is 5.41. The normalized spacial score (nSPS) is 10.7. The van der Waals surface area contributed by atoms with Gasteiger partial charge >= 0.3 is 6.01 Å². The van der Waals surface area contributed by atoms with Gasteiger partial charge in [0.15, 0.2) is 0 Å². The second-order valence-corrected chi connectivity index (χ2v) is 3.65. The summed E-state index contributed by atoms with van der Waals surface area (Å²) in [6.07, 6.45) is 0.